The third kappa shape index (κ3) is 11.1. The highest BCUT2D eigenvalue weighted by molar-refractivity contribution is 6.35. The highest BCUT2D eigenvalue weighted by Gasteiger charge is 2.25. The molecule has 0 fully saturated rings. The lowest BCUT2D eigenvalue weighted by Gasteiger charge is -2.22. The molecule has 0 aliphatic carbocycles. The Kier molecular flexibility index (Phi) is 14.5. The van der Waals surface area contributed by atoms with Crippen LogP contribution in [0.25, 0.3) is 0 Å². The summed E-state index contributed by atoms with van der Waals surface area (Å²) in [5.74, 6) is 0.486. The Labute approximate surface area is 290 Å². The number of carbonyl (C=O) groups excluding carboxylic acids is 2. The van der Waals surface area contributed by atoms with Crippen LogP contribution in [-0.2, 0) is 22.6 Å². The van der Waals surface area contributed by atoms with Crippen LogP contribution < -0.4 is 25.0 Å². The smallest absolute Gasteiger partial charge is 0.262 e. The predicted octanol–water partition coefficient (Wildman–Crippen LogP) is 8.45. The number of nitrogens with zero attached hydrogens (tertiary/aromatic N) is 1. The summed E-state index contributed by atoms with van der Waals surface area (Å²) in [6.45, 7) is 11.8. The van der Waals surface area contributed by atoms with Crippen molar-refractivity contribution in [2.24, 2.45) is 11.0 Å². The Hall–Kier alpha value is -3.43. The molecule has 0 aromatic heterocycles. The van der Waals surface area contributed by atoms with Gasteiger partial charge in [0.2, 0.25) is 0 Å². The van der Waals surface area contributed by atoms with Crippen LogP contribution in [0, 0.1) is 5.92 Å². The van der Waals surface area contributed by atoms with Gasteiger partial charge in [-0.05, 0) is 80.6 Å². The number of benzene rings is 3. The molecule has 0 heterocycles. The van der Waals surface area contributed by atoms with Crippen molar-refractivity contribution in [3.8, 4) is 17.2 Å². The van der Waals surface area contributed by atoms with E-state index in [4.69, 9.17) is 60.6 Å². The zero-order valence-corrected chi connectivity index (χ0v) is 29.1. The van der Waals surface area contributed by atoms with Gasteiger partial charge in [-0.1, -0.05) is 72.4 Å². The quantitative estimate of drug-likeness (QED) is 0.0884. The monoisotopic (exact) mass is 707 g/mol. The first-order valence-electron chi connectivity index (χ1n) is 14.6. The fourth-order valence-corrected chi connectivity index (χ4v) is 5.25. The average molecular weight is 709 g/mol. The van der Waals surface area contributed by atoms with Gasteiger partial charge in [0.1, 0.15) is 18.4 Å². The zero-order chi connectivity index (χ0) is 33.8. The van der Waals surface area contributed by atoms with Crippen LogP contribution in [0.1, 0.15) is 50.8 Å². The van der Waals surface area contributed by atoms with Crippen molar-refractivity contribution >= 4 is 64.4 Å². The van der Waals surface area contributed by atoms with E-state index in [9.17, 15) is 9.59 Å². The summed E-state index contributed by atoms with van der Waals surface area (Å²) in [6, 6.07) is 12.7. The maximum Gasteiger partial charge on any atom is 0.262 e. The molecular formula is C34H37Cl4N3O5. The molecule has 0 saturated heterocycles. The first-order chi connectivity index (χ1) is 21.9. The normalized spacial score (nSPS) is 12.5. The van der Waals surface area contributed by atoms with Gasteiger partial charge in [0, 0.05) is 26.2 Å². The molecule has 2 N–H and O–H groups in total. The number of rotatable bonds is 16. The third-order valence-corrected chi connectivity index (χ3v) is 7.62. The van der Waals surface area contributed by atoms with E-state index in [2.05, 4.69) is 22.4 Å². The SMILES string of the molecule is C=CCc1cc(/C=N\NC(=O)[C@H](CC(C)C)NC(=O)[C@@H](C)Oc2ccc(Cl)cc2Cl)cc(OCC)c1OCc1ccc(Cl)cc1Cl. The molecule has 2 atom stereocenters. The minimum atomic E-state index is -0.929. The highest BCUT2D eigenvalue weighted by atomic mass is 35.5. The van der Waals surface area contributed by atoms with Gasteiger partial charge >= 0.3 is 0 Å². The van der Waals surface area contributed by atoms with Crippen molar-refractivity contribution in [3.63, 3.8) is 0 Å². The van der Waals surface area contributed by atoms with Crippen LogP contribution in [0.2, 0.25) is 20.1 Å². The van der Waals surface area contributed by atoms with Crippen molar-refractivity contribution in [1.29, 1.82) is 0 Å². The summed E-state index contributed by atoms with van der Waals surface area (Å²) in [6.07, 6.45) is 3.18. The summed E-state index contributed by atoms with van der Waals surface area (Å²) in [5, 5.41) is 8.67. The van der Waals surface area contributed by atoms with E-state index in [-0.39, 0.29) is 17.5 Å². The van der Waals surface area contributed by atoms with E-state index in [1.807, 2.05) is 26.8 Å². The topological polar surface area (TPSA) is 98.3 Å². The predicted molar refractivity (Wildman–Crippen MR) is 186 cm³/mol. The molecule has 3 aromatic carbocycles. The van der Waals surface area contributed by atoms with Gasteiger partial charge in [0.15, 0.2) is 17.6 Å². The molecule has 0 bridgehead atoms. The lowest BCUT2D eigenvalue weighted by atomic mass is 10.0. The van der Waals surface area contributed by atoms with Crippen molar-refractivity contribution in [2.45, 2.75) is 59.3 Å². The summed E-state index contributed by atoms with van der Waals surface area (Å²) in [5.41, 5.74) is 4.77. The van der Waals surface area contributed by atoms with E-state index < -0.39 is 24.0 Å². The summed E-state index contributed by atoms with van der Waals surface area (Å²) >= 11 is 24.5. The van der Waals surface area contributed by atoms with Gasteiger partial charge in [-0.2, -0.15) is 5.10 Å². The van der Waals surface area contributed by atoms with E-state index >= 15 is 0 Å². The van der Waals surface area contributed by atoms with Gasteiger partial charge in [-0.3, -0.25) is 9.59 Å². The van der Waals surface area contributed by atoms with Gasteiger partial charge in [0.05, 0.1) is 17.8 Å². The van der Waals surface area contributed by atoms with Gasteiger partial charge in [-0.25, -0.2) is 5.43 Å². The summed E-state index contributed by atoms with van der Waals surface area (Å²) < 4.78 is 17.8. The lowest BCUT2D eigenvalue weighted by molar-refractivity contribution is -0.132. The van der Waals surface area contributed by atoms with Crippen LogP contribution in [0.15, 0.2) is 66.3 Å². The molecule has 0 radical (unpaired) electrons. The van der Waals surface area contributed by atoms with Crippen molar-refractivity contribution in [3.05, 3.63) is 98.0 Å². The number of hydrazone groups is 1. The van der Waals surface area contributed by atoms with Gasteiger partial charge in [-0.15, -0.1) is 6.58 Å². The number of hydrogen-bond acceptors (Lipinski definition) is 6. The second kappa shape index (κ2) is 18.0. The second-order valence-corrected chi connectivity index (χ2v) is 12.4. The van der Waals surface area contributed by atoms with E-state index in [1.54, 1.807) is 49.4 Å². The van der Waals surface area contributed by atoms with Crippen LogP contribution >= 0.6 is 46.4 Å². The molecule has 0 unspecified atom stereocenters. The molecule has 46 heavy (non-hydrogen) atoms. The summed E-state index contributed by atoms with van der Waals surface area (Å²) in [7, 11) is 0. The van der Waals surface area contributed by atoms with Gasteiger partial charge < -0.3 is 19.5 Å². The largest absolute Gasteiger partial charge is 0.490 e. The fourth-order valence-electron chi connectivity index (χ4n) is 4.34. The average Bonchev–Trinajstić information content (AvgIpc) is 2.98. The molecule has 2 amide bonds. The first-order valence-corrected chi connectivity index (χ1v) is 16.1. The zero-order valence-electron chi connectivity index (χ0n) is 26.0. The standard InChI is InChI=1S/C34H37Cl4N3O5/c1-6-8-23-14-22(15-31(44-7-2)32(23)45-19-24-9-10-25(35)16-27(24)37)18-39-41-34(43)29(13-20(3)4)40-33(42)21(5)46-30-12-11-26(36)17-28(30)38/h6,9-12,14-18,20-21,29H,1,7-8,13,19H2,2-5H3,(H,40,42)(H,41,43)/b39-18-/t21-,29+/m1/s1. The van der Waals surface area contributed by atoms with Crippen LogP contribution in [0.4, 0.5) is 0 Å². The third-order valence-electron chi connectivity index (χ3n) is 6.50. The molecule has 3 rings (SSSR count). The van der Waals surface area contributed by atoms with Crippen LogP contribution in [0.3, 0.4) is 0 Å². The van der Waals surface area contributed by atoms with E-state index in [0.717, 1.165) is 11.1 Å². The Morgan fingerprint density at radius 3 is 2.22 bits per heavy atom. The number of hydrogen-bond donors (Lipinski definition) is 2. The second-order valence-electron chi connectivity index (χ2n) is 10.7. The van der Waals surface area contributed by atoms with Crippen LogP contribution in [-0.4, -0.2) is 36.8 Å². The first kappa shape index (κ1) is 37.0. The molecular weight excluding hydrogens is 672 g/mol. The molecule has 0 aliphatic heterocycles. The molecule has 0 saturated carbocycles. The highest BCUT2D eigenvalue weighted by Crippen LogP contribution is 2.35. The number of nitrogens with one attached hydrogen (secondary N) is 2. The minimum absolute atomic E-state index is 0.104. The maximum atomic E-state index is 13.1. The van der Waals surface area contributed by atoms with E-state index in [1.165, 1.54) is 12.3 Å². The Morgan fingerprint density at radius 2 is 1.59 bits per heavy atom. The molecule has 0 spiro atoms. The fraction of sp³-hybridized carbons (Fsp3) is 0.324. The Morgan fingerprint density at radius 1 is 0.891 bits per heavy atom. The Balaban J connectivity index is 1.74. The maximum absolute atomic E-state index is 13.1. The van der Waals surface area contributed by atoms with Crippen molar-refractivity contribution < 1.29 is 23.8 Å². The molecule has 3 aromatic rings. The number of halogens is 4. The molecule has 12 heteroatoms. The molecule has 8 nitrogen and oxygen atoms in total. The Bertz CT molecular complexity index is 1560. The molecule has 246 valence electrons. The van der Waals surface area contributed by atoms with Crippen molar-refractivity contribution in [2.75, 3.05) is 6.61 Å². The van der Waals surface area contributed by atoms with Crippen LogP contribution in [0.5, 0.6) is 17.2 Å². The lowest BCUT2D eigenvalue weighted by Crippen LogP contribution is -2.49. The number of amides is 2. The van der Waals surface area contributed by atoms with E-state index in [0.29, 0.717) is 57.3 Å². The number of carbonyl (C=O) groups is 2. The minimum Gasteiger partial charge on any atom is -0.490 e. The molecule has 0 aliphatic rings. The number of allylic oxidation sites excluding steroid dienone is 1. The summed E-state index contributed by atoms with van der Waals surface area (Å²) in [4.78, 5) is 26.1. The number of ether oxygens (including phenoxy) is 3. The van der Waals surface area contributed by atoms with Gasteiger partial charge in [0.25, 0.3) is 11.8 Å². The van der Waals surface area contributed by atoms with Crippen molar-refractivity contribution in [1.82, 2.24) is 10.7 Å².